The molecule has 0 saturated carbocycles. The molecule has 82 valence electrons. The second kappa shape index (κ2) is 4.70. The van der Waals surface area contributed by atoms with Crippen LogP contribution in [-0.2, 0) is 4.79 Å². The van der Waals surface area contributed by atoms with Crippen LogP contribution < -0.4 is 0 Å². The van der Waals surface area contributed by atoms with Crippen molar-refractivity contribution in [3.05, 3.63) is 33.8 Å². The molecule has 1 aromatic rings. The first kappa shape index (κ1) is 12.1. The van der Waals surface area contributed by atoms with E-state index in [4.69, 9.17) is 5.11 Å². The van der Waals surface area contributed by atoms with E-state index in [2.05, 4.69) is 15.9 Å². The molecule has 1 rings (SSSR count). The van der Waals surface area contributed by atoms with E-state index in [-0.39, 0.29) is 16.5 Å². The lowest BCUT2D eigenvalue weighted by Gasteiger charge is -2.11. The molecule has 0 aromatic heterocycles. The largest absolute Gasteiger partial charge is 0.481 e. The first-order valence-corrected chi connectivity index (χ1v) is 5.07. The molecule has 1 atom stereocenters. The van der Waals surface area contributed by atoms with Gasteiger partial charge in [0.1, 0.15) is 11.6 Å². The van der Waals surface area contributed by atoms with E-state index in [9.17, 15) is 13.6 Å². The summed E-state index contributed by atoms with van der Waals surface area (Å²) in [5, 5.41) is 8.55. The van der Waals surface area contributed by atoms with Gasteiger partial charge in [-0.25, -0.2) is 8.78 Å². The summed E-state index contributed by atoms with van der Waals surface area (Å²) in [6, 6.07) is 2.02. The third kappa shape index (κ3) is 2.99. The minimum absolute atomic E-state index is 0.135. The van der Waals surface area contributed by atoms with Crippen molar-refractivity contribution in [3.8, 4) is 0 Å². The summed E-state index contributed by atoms with van der Waals surface area (Å²) in [5.41, 5.74) is 0.200. The van der Waals surface area contributed by atoms with Crippen LogP contribution in [0.15, 0.2) is 16.6 Å². The summed E-state index contributed by atoms with van der Waals surface area (Å²) in [6.45, 7) is 1.58. The molecule has 0 radical (unpaired) electrons. The van der Waals surface area contributed by atoms with E-state index in [1.54, 1.807) is 6.92 Å². The smallest absolute Gasteiger partial charge is 0.303 e. The van der Waals surface area contributed by atoms with Gasteiger partial charge in [-0.05, 0) is 33.5 Å². The van der Waals surface area contributed by atoms with Gasteiger partial charge in [-0.2, -0.15) is 0 Å². The molecule has 0 aliphatic carbocycles. The fraction of sp³-hybridized carbons (Fsp3) is 0.300. The maximum absolute atomic E-state index is 13.3. The lowest BCUT2D eigenvalue weighted by molar-refractivity contribution is -0.137. The molecule has 2 nitrogen and oxygen atoms in total. The van der Waals surface area contributed by atoms with Crippen molar-refractivity contribution >= 4 is 21.9 Å². The highest BCUT2D eigenvalue weighted by Crippen LogP contribution is 2.27. The fourth-order valence-corrected chi connectivity index (χ4v) is 1.65. The Hall–Kier alpha value is -0.970. The summed E-state index contributed by atoms with van der Waals surface area (Å²) < 4.78 is 26.3. The van der Waals surface area contributed by atoms with Gasteiger partial charge in [0.05, 0.1) is 10.9 Å². The van der Waals surface area contributed by atoms with Gasteiger partial charge < -0.3 is 5.11 Å². The maximum atomic E-state index is 13.3. The molecule has 5 heteroatoms. The van der Waals surface area contributed by atoms with E-state index >= 15 is 0 Å². The molecule has 0 aliphatic rings. The third-order valence-electron chi connectivity index (χ3n) is 2.05. The number of halogens is 3. The molecule has 1 N–H and O–H groups in total. The van der Waals surface area contributed by atoms with Crippen molar-refractivity contribution in [1.29, 1.82) is 0 Å². The van der Waals surface area contributed by atoms with Gasteiger partial charge in [0.15, 0.2) is 0 Å². The monoisotopic (exact) mass is 278 g/mol. The number of carboxylic acids is 1. The minimum atomic E-state index is -1.01. The number of carboxylic acid groups (broad SMARTS) is 1. The summed E-state index contributed by atoms with van der Waals surface area (Å²) in [5.74, 6) is -2.91. The molecule has 0 bridgehead atoms. The highest BCUT2D eigenvalue weighted by molar-refractivity contribution is 9.10. The van der Waals surface area contributed by atoms with Gasteiger partial charge in [-0.15, -0.1) is 0 Å². The Morgan fingerprint density at radius 3 is 2.60 bits per heavy atom. The van der Waals surface area contributed by atoms with Crippen LogP contribution in [0.3, 0.4) is 0 Å². The normalized spacial score (nSPS) is 12.5. The van der Waals surface area contributed by atoms with Crippen LogP contribution in [0.2, 0.25) is 0 Å². The standard InChI is InChI=1S/C10H9BrF2O2/c1-5(2-10(14)15)6-3-7(11)9(13)4-8(6)12/h3-5H,2H2,1H3,(H,14,15). The molecule has 0 heterocycles. The average molecular weight is 279 g/mol. The van der Waals surface area contributed by atoms with Crippen LogP contribution in [-0.4, -0.2) is 11.1 Å². The number of rotatable bonds is 3. The summed E-state index contributed by atoms with van der Waals surface area (Å²) >= 11 is 2.93. The Morgan fingerprint density at radius 1 is 1.47 bits per heavy atom. The Morgan fingerprint density at radius 2 is 2.07 bits per heavy atom. The molecule has 0 aliphatic heterocycles. The van der Waals surface area contributed by atoms with Crippen molar-refractivity contribution in [1.82, 2.24) is 0 Å². The van der Waals surface area contributed by atoms with Crippen molar-refractivity contribution in [3.63, 3.8) is 0 Å². The van der Waals surface area contributed by atoms with Crippen molar-refractivity contribution in [2.75, 3.05) is 0 Å². The SMILES string of the molecule is CC(CC(=O)O)c1cc(Br)c(F)cc1F. The van der Waals surface area contributed by atoms with E-state index in [0.717, 1.165) is 6.07 Å². The predicted molar refractivity (Wildman–Crippen MR) is 54.7 cm³/mol. The first-order valence-electron chi connectivity index (χ1n) is 4.28. The highest BCUT2D eigenvalue weighted by atomic mass is 79.9. The molecule has 0 saturated heterocycles. The summed E-state index contributed by atoms with van der Waals surface area (Å²) in [4.78, 5) is 10.4. The van der Waals surface area contributed by atoms with Crippen LogP contribution in [0, 0.1) is 11.6 Å². The van der Waals surface area contributed by atoms with Gasteiger partial charge in [-0.1, -0.05) is 6.92 Å². The predicted octanol–water partition coefficient (Wildman–Crippen LogP) is 3.31. The molecule has 15 heavy (non-hydrogen) atoms. The minimum Gasteiger partial charge on any atom is -0.481 e. The summed E-state index contributed by atoms with van der Waals surface area (Å²) in [7, 11) is 0. The van der Waals surface area contributed by atoms with Gasteiger partial charge in [0.25, 0.3) is 0 Å². The number of carbonyl (C=O) groups is 1. The molecule has 0 amide bonds. The topological polar surface area (TPSA) is 37.3 Å². The van der Waals surface area contributed by atoms with E-state index in [0.29, 0.717) is 0 Å². The number of hydrogen-bond acceptors (Lipinski definition) is 1. The highest BCUT2D eigenvalue weighted by Gasteiger charge is 2.16. The number of hydrogen-bond donors (Lipinski definition) is 1. The van der Waals surface area contributed by atoms with Crippen LogP contribution in [0.5, 0.6) is 0 Å². The fourth-order valence-electron chi connectivity index (χ4n) is 1.29. The lowest BCUT2D eigenvalue weighted by Crippen LogP contribution is -2.05. The third-order valence-corrected chi connectivity index (χ3v) is 2.66. The van der Waals surface area contributed by atoms with Gasteiger partial charge in [0.2, 0.25) is 0 Å². The number of benzene rings is 1. The molecule has 1 aromatic carbocycles. The summed E-state index contributed by atoms with van der Waals surface area (Å²) in [6.07, 6.45) is -0.186. The van der Waals surface area contributed by atoms with Crippen LogP contribution in [0.1, 0.15) is 24.8 Å². The van der Waals surface area contributed by atoms with Gasteiger partial charge in [0, 0.05) is 6.07 Å². The molecular weight excluding hydrogens is 270 g/mol. The zero-order chi connectivity index (χ0) is 11.6. The van der Waals surface area contributed by atoms with Crippen LogP contribution >= 0.6 is 15.9 Å². The Labute approximate surface area is 94.0 Å². The van der Waals surface area contributed by atoms with Crippen molar-refractivity contribution < 1.29 is 18.7 Å². The van der Waals surface area contributed by atoms with Gasteiger partial charge in [-0.3, -0.25) is 4.79 Å². The number of aliphatic carboxylic acids is 1. The Kier molecular flexibility index (Phi) is 3.79. The quantitative estimate of drug-likeness (QED) is 0.862. The Balaban J connectivity index is 3.03. The van der Waals surface area contributed by atoms with Crippen LogP contribution in [0.25, 0.3) is 0 Å². The average Bonchev–Trinajstić information content (AvgIpc) is 2.09. The molecule has 1 unspecified atom stereocenters. The van der Waals surface area contributed by atoms with E-state index < -0.39 is 23.5 Å². The van der Waals surface area contributed by atoms with Gasteiger partial charge >= 0.3 is 5.97 Å². The maximum Gasteiger partial charge on any atom is 0.303 e. The Bertz CT molecular complexity index is 393. The molecule has 0 spiro atoms. The second-order valence-corrected chi connectivity index (χ2v) is 4.14. The van der Waals surface area contributed by atoms with Crippen molar-refractivity contribution in [2.45, 2.75) is 19.3 Å². The van der Waals surface area contributed by atoms with E-state index in [1.807, 2.05) is 0 Å². The lowest BCUT2D eigenvalue weighted by atomic mass is 9.97. The van der Waals surface area contributed by atoms with Crippen LogP contribution in [0.4, 0.5) is 8.78 Å². The first-order chi connectivity index (χ1) is 6.91. The van der Waals surface area contributed by atoms with Crippen molar-refractivity contribution in [2.24, 2.45) is 0 Å². The molecule has 0 fully saturated rings. The molecular formula is C10H9BrF2O2. The second-order valence-electron chi connectivity index (χ2n) is 3.29. The zero-order valence-electron chi connectivity index (χ0n) is 7.93. The zero-order valence-corrected chi connectivity index (χ0v) is 9.51. The van der Waals surface area contributed by atoms with E-state index in [1.165, 1.54) is 6.07 Å².